The number of aryl methyl sites for hydroxylation is 1. The lowest BCUT2D eigenvalue weighted by atomic mass is 9.81. The van der Waals surface area contributed by atoms with Gasteiger partial charge in [-0.2, -0.15) is 18.3 Å². The largest absolute Gasteiger partial charge is 0.433 e. The van der Waals surface area contributed by atoms with Crippen LogP contribution in [-0.4, -0.2) is 39.2 Å². The number of fused-ring (bicyclic) bond motifs is 6. The molecular formula is C16H13F3N4O3. The van der Waals surface area contributed by atoms with Crippen molar-refractivity contribution in [3.8, 4) is 0 Å². The second-order valence-corrected chi connectivity index (χ2v) is 6.95. The van der Waals surface area contributed by atoms with E-state index >= 15 is 0 Å². The van der Waals surface area contributed by atoms with Crippen molar-refractivity contribution >= 4 is 28.7 Å². The molecule has 26 heavy (non-hydrogen) atoms. The summed E-state index contributed by atoms with van der Waals surface area (Å²) in [6.07, 6.45) is -3.68. The molecule has 10 heteroatoms. The van der Waals surface area contributed by atoms with Crippen molar-refractivity contribution in [3.05, 3.63) is 17.3 Å². The Bertz CT molecular complexity index is 942. The molecule has 7 nitrogen and oxygen atoms in total. The van der Waals surface area contributed by atoms with Crippen LogP contribution in [0.25, 0.3) is 11.0 Å². The zero-order chi connectivity index (χ0) is 18.4. The first-order chi connectivity index (χ1) is 12.3. The molecule has 5 heterocycles. The number of hydrogen-bond acceptors (Lipinski definition) is 5. The maximum atomic E-state index is 12.9. The molecule has 0 saturated carbocycles. The zero-order valence-electron chi connectivity index (χ0n) is 13.5. The van der Waals surface area contributed by atoms with Gasteiger partial charge in [0.2, 0.25) is 11.8 Å². The molecule has 2 bridgehead atoms. The van der Waals surface area contributed by atoms with E-state index in [2.05, 4.69) is 15.2 Å². The Hall–Kier alpha value is -2.49. The lowest BCUT2D eigenvalue weighted by Crippen LogP contribution is -2.34. The van der Waals surface area contributed by atoms with E-state index in [9.17, 15) is 22.8 Å². The van der Waals surface area contributed by atoms with Gasteiger partial charge in [-0.25, -0.2) is 9.88 Å². The molecular weight excluding hydrogens is 353 g/mol. The highest BCUT2D eigenvalue weighted by Gasteiger charge is 2.63. The van der Waals surface area contributed by atoms with Crippen molar-refractivity contribution in [2.75, 3.05) is 4.90 Å². The minimum atomic E-state index is -4.60. The topological polar surface area (TPSA) is 88.2 Å². The van der Waals surface area contributed by atoms with Crippen LogP contribution in [0.1, 0.15) is 24.1 Å². The molecule has 0 aliphatic carbocycles. The van der Waals surface area contributed by atoms with Gasteiger partial charge in [0.05, 0.1) is 29.4 Å². The number of carbonyl (C=O) groups excluding carboxylic acids is 2. The van der Waals surface area contributed by atoms with Crippen molar-refractivity contribution in [2.45, 2.75) is 38.1 Å². The van der Waals surface area contributed by atoms with Crippen molar-refractivity contribution in [1.29, 1.82) is 0 Å². The monoisotopic (exact) mass is 366 g/mol. The maximum absolute atomic E-state index is 12.9. The summed E-state index contributed by atoms with van der Waals surface area (Å²) in [4.78, 5) is 30.2. The molecule has 3 aliphatic heterocycles. The van der Waals surface area contributed by atoms with E-state index in [-0.39, 0.29) is 34.6 Å². The highest BCUT2D eigenvalue weighted by atomic mass is 19.4. The number of nitrogens with one attached hydrogen (secondary N) is 1. The third-order valence-corrected chi connectivity index (χ3v) is 5.49. The minimum absolute atomic E-state index is 0.0162. The minimum Gasteiger partial charge on any atom is -0.373 e. The van der Waals surface area contributed by atoms with Gasteiger partial charge in [0.25, 0.3) is 0 Å². The summed E-state index contributed by atoms with van der Waals surface area (Å²) in [5.41, 5.74) is -0.924. The average Bonchev–Trinajstić information content (AvgIpc) is 3.30. The van der Waals surface area contributed by atoms with Gasteiger partial charge in [0, 0.05) is 0 Å². The number of aromatic amines is 1. The molecule has 2 aromatic rings. The van der Waals surface area contributed by atoms with E-state index in [0.29, 0.717) is 0 Å². The molecule has 0 unspecified atom stereocenters. The molecule has 3 aliphatic rings. The fourth-order valence-corrected chi connectivity index (χ4v) is 4.43. The zero-order valence-corrected chi connectivity index (χ0v) is 13.5. The van der Waals surface area contributed by atoms with Crippen LogP contribution in [0.2, 0.25) is 0 Å². The highest BCUT2D eigenvalue weighted by molar-refractivity contribution is 6.24. The molecule has 5 rings (SSSR count). The molecule has 136 valence electrons. The van der Waals surface area contributed by atoms with Crippen LogP contribution >= 0.6 is 0 Å². The molecule has 1 N–H and O–H groups in total. The lowest BCUT2D eigenvalue weighted by molar-refractivity contribution is -0.141. The number of amides is 2. The Balaban J connectivity index is 1.62. The first-order valence-corrected chi connectivity index (χ1v) is 8.23. The number of rotatable bonds is 1. The number of aromatic nitrogens is 3. The van der Waals surface area contributed by atoms with Crippen LogP contribution in [0.15, 0.2) is 6.07 Å². The molecule has 0 spiro atoms. The van der Waals surface area contributed by atoms with E-state index in [1.54, 1.807) is 0 Å². The lowest BCUT2D eigenvalue weighted by Gasteiger charge is -2.16. The van der Waals surface area contributed by atoms with E-state index in [4.69, 9.17) is 4.74 Å². The number of carbonyl (C=O) groups is 2. The van der Waals surface area contributed by atoms with Gasteiger partial charge >= 0.3 is 6.18 Å². The Morgan fingerprint density at radius 1 is 1.19 bits per heavy atom. The summed E-state index contributed by atoms with van der Waals surface area (Å²) in [5.74, 6) is -1.85. The molecule has 2 aromatic heterocycles. The van der Waals surface area contributed by atoms with Gasteiger partial charge in [-0.15, -0.1) is 0 Å². The average molecular weight is 366 g/mol. The maximum Gasteiger partial charge on any atom is 0.433 e. The number of ether oxygens (including phenoxy) is 1. The fraction of sp³-hybridized carbons (Fsp3) is 0.500. The fourth-order valence-electron chi connectivity index (χ4n) is 4.43. The Morgan fingerprint density at radius 3 is 2.38 bits per heavy atom. The third-order valence-electron chi connectivity index (χ3n) is 5.49. The number of halogens is 3. The number of imide groups is 1. The number of anilines is 1. The molecule has 3 fully saturated rings. The van der Waals surface area contributed by atoms with Gasteiger partial charge in [-0.3, -0.25) is 14.7 Å². The van der Waals surface area contributed by atoms with Gasteiger partial charge in [0.1, 0.15) is 5.69 Å². The van der Waals surface area contributed by atoms with Gasteiger partial charge in [-0.05, 0) is 31.4 Å². The predicted octanol–water partition coefficient (Wildman–Crippen LogP) is 1.95. The second kappa shape index (κ2) is 4.81. The first-order valence-electron chi connectivity index (χ1n) is 8.23. The van der Waals surface area contributed by atoms with E-state index in [1.165, 1.54) is 6.92 Å². The normalized spacial score (nSPS) is 30.7. The second-order valence-electron chi connectivity index (χ2n) is 6.95. The summed E-state index contributed by atoms with van der Waals surface area (Å²) < 4.78 is 44.5. The highest BCUT2D eigenvalue weighted by Crippen LogP contribution is 2.50. The van der Waals surface area contributed by atoms with Crippen LogP contribution in [-0.2, 0) is 20.5 Å². The van der Waals surface area contributed by atoms with Crippen molar-refractivity contribution in [2.24, 2.45) is 11.8 Å². The Kier molecular flexibility index (Phi) is 2.91. The summed E-state index contributed by atoms with van der Waals surface area (Å²) in [7, 11) is 0. The van der Waals surface area contributed by atoms with Crippen LogP contribution in [0.4, 0.5) is 19.0 Å². The predicted molar refractivity (Wildman–Crippen MR) is 81.0 cm³/mol. The van der Waals surface area contributed by atoms with Gasteiger partial charge in [0.15, 0.2) is 11.5 Å². The Morgan fingerprint density at radius 2 is 1.81 bits per heavy atom. The van der Waals surface area contributed by atoms with Crippen molar-refractivity contribution in [1.82, 2.24) is 15.2 Å². The third kappa shape index (κ3) is 1.87. The number of hydrogen-bond donors (Lipinski definition) is 1. The molecule has 4 atom stereocenters. The summed E-state index contributed by atoms with van der Waals surface area (Å²) in [6, 6.07) is 0.889. The summed E-state index contributed by atoms with van der Waals surface area (Å²) >= 11 is 0. The van der Waals surface area contributed by atoms with E-state index in [1.807, 2.05) is 0 Å². The quantitative estimate of drug-likeness (QED) is 0.780. The standard InChI is InChI=1S/C16H13F3N4O3/c1-5-4-8(16(17,18)19)20-12-9(5)13(22-21-12)23-14(24)10-6-2-3-7(26-6)11(10)15(23)25/h4,6-7,10-11H,2-3H2,1H3,(H,20,21,22)/t6-,7-,10-,11+/m0/s1. The summed E-state index contributed by atoms with van der Waals surface area (Å²) in [5, 5.41) is 6.62. The molecule has 0 radical (unpaired) electrons. The van der Waals surface area contributed by atoms with Gasteiger partial charge in [-0.1, -0.05) is 0 Å². The Labute approximate surface area is 144 Å². The summed E-state index contributed by atoms with van der Waals surface area (Å²) in [6.45, 7) is 1.47. The molecule has 0 aromatic carbocycles. The van der Waals surface area contributed by atoms with Crippen LogP contribution in [0, 0.1) is 18.8 Å². The van der Waals surface area contributed by atoms with Crippen LogP contribution in [0.3, 0.4) is 0 Å². The van der Waals surface area contributed by atoms with Crippen molar-refractivity contribution < 1.29 is 27.5 Å². The van der Waals surface area contributed by atoms with Gasteiger partial charge < -0.3 is 4.74 Å². The number of nitrogens with zero attached hydrogens (tertiary/aromatic N) is 3. The van der Waals surface area contributed by atoms with Crippen molar-refractivity contribution in [3.63, 3.8) is 0 Å². The smallest absolute Gasteiger partial charge is 0.373 e. The van der Waals surface area contributed by atoms with E-state index < -0.39 is 35.5 Å². The first kappa shape index (κ1) is 15.7. The number of H-pyrrole nitrogens is 1. The molecule has 2 amide bonds. The SMILES string of the molecule is Cc1cc(C(F)(F)F)nc2[nH]nc(N3C(=O)[C@@H]4[C@H](C3=O)[C@@H]3CC[C@@H]4O3)c12. The van der Waals surface area contributed by atoms with Crippen LogP contribution < -0.4 is 4.90 Å². The van der Waals surface area contributed by atoms with E-state index in [0.717, 1.165) is 23.8 Å². The van der Waals surface area contributed by atoms with Crippen LogP contribution in [0.5, 0.6) is 0 Å². The number of pyridine rings is 1. The molecule has 3 saturated heterocycles. The number of alkyl halides is 3.